The van der Waals surface area contributed by atoms with Crippen molar-refractivity contribution in [2.75, 3.05) is 21.3 Å². The number of aromatic nitrogens is 6. The lowest BCUT2D eigenvalue weighted by Gasteiger charge is -2.31. The zero-order chi connectivity index (χ0) is 45.3. The summed E-state index contributed by atoms with van der Waals surface area (Å²) in [5.74, 6) is 2.02. The first-order valence-corrected chi connectivity index (χ1v) is 25.5. The minimum atomic E-state index is -0.0200. The van der Waals surface area contributed by atoms with E-state index in [9.17, 15) is 9.59 Å². The molecule has 0 bridgehead atoms. The number of anilines is 4. The van der Waals surface area contributed by atoms with Crippen molar-refractivity contribution in [1.29, 1.82) is 0 Å². The second-order valence-corrected chi connectivity index (χ2v) is 20.3. The van der Waals surface area contributed by atoms with E-state index in [0.717, 1.165) is 89.3 Å². The standard InChI is InChI=1S/C52H46N8O2S4/c1-33-17-15-23-37(35(33)3)59-47(53-55-51(59)63-31-49(61)57-39-19-5-9-25-43(39)65-44-26-10-6-20-40(44)57)29-13-14-30-48-54-56-52(60(48)38-24-16-18-34(2)36(38)4)64-32-50(62)58-41-21-7-11-27-45(41)66-46-28-12-8-22-42(46)58/h5-12,15-28H,13-14,29-32H2,1-4H3. The Morgan fingerprint density at radius 1 is 0.439 bits per heavy atom. The molecule has 330 valence electrons. The van der Waals surface area contributed by atoms with Crippen molar-refractivity contribution in [3.8, 4) is 11.4 Å². The van der Waals surface area contributed by atoms with E-state index in [-0.39, 0.29) is 23.3 Å². The topological polar surface area (TPSA) is 102 Å². The molecular formula is C52H46N8O2S4. The molecule has 0 radical (unpaired) electrons. The van der Waals surface area contributed by atoms with Crippen LogP contribution in [-0.4, -0.2) is 52.8 Å². The Bertz CT molecular complexity index is 2850. The summed E-state index contributed by atoms with van der Waals surface area (Å²) >= 11 is 6.21. The van der Waals surface area contributed by atoms with Crippen molar-refractivity contribution in [1.82, 2.24) is 29.5 Å². The monoisotopic (exact) mass is 942 g/mol. The Labute approximate surface area is 401 Å². The van der Waals surface area contributed by atoms with Crippen molar-refractivity contribution in [3.63, 3.8) is 0 Å². The fraction of sp³-hybridized carbons (Fsp3) is 0.192. The molecule has 4 heterocycles. The van der Waals surface area contributed by atoms with E-state index in [2.05, 4.69) is 97.5 Å². The summed E-state index contributed by atoms with van der Waals surface area (Å²) in [7, 11) is 0. The molecule has 0 saturated heterocycles. The van der Waals surface area contributed by atoms with Gasteiger partial charge in [0.25, 0.3) is 0 Å². The van der Waals surface area contributed by atoms with Gasteiger partial charge < -0.3 is 0 Å². The Morgan fingerprint density at radius 2 is 0.773 bits per heavy atom. The molecular weight excluding hydrogens is 897 g/mol. The number of aryl methyl sites for hydroxylation is 4. The first kappa shape index (κ1) is 43.8. The van der Waals surface area contributed by atoms with Gasteiger partial charge in [0.15, 0.2) is 10.3 Å². The molecule has 0 atom stereocenters. The number of hydrogen-bond acceptors (Lipinski definition) is 10. The van der Waals surface area contributed by atoms with E-state index in [1.165, 1.54) is 34.7 Å². The van der Waals surface area contributed by atoms with Crippen LogP contribution < -0.4 is 9.80 Å². The van der Waals surface area contributed by atoms with Gasteiger partial charge >= 0.3 is 0 Å². The van der Waals surface area contributed by atoms with Gasteiger partial charge in [-0.3, -0.25) is 28.5 Å². The van der Waals surface area contributed by atoms with Gasteiger partial charge in [0, 0.05) is 32.4 Å². The molecule has 10 nitrogen and oxygen atoms in total. The van der Waals surface area contributed by atoms with Gasteiger partial charge in [-0.1, -0.05) is 120 Å². The lowest BCUT2D eigenvalue weighted by molar-refractivity contribution is -0.116. The van der Waals surface area contributed by atoms with Gasteiger partial charge in [-0.25, -0.2) is 0 Å². The minimum absolute atomic E-state index is 0.0200. The molecule has 66 heavy (non-hydrogen) atoms. The van der Waals surface area contributed by atoms with Gasteiger partial charge in [0.05, 0.1) is 45.6 Å². The van der Waals surface area contributed by atoms with Gasteiger partial charge in [0.1, 0.15) is 11.6 Å². The Balaban J connectivity index is 0.874. The molecule has 0 spiro atoms. The number of carbonyl (C=O) groups excluding carboxylic acids is 2. The zero-order valence-electron chi connectivity index (χ0n) is 37.0. The number of benzene rings is 6. The van der Waals surface area contributed by atoms with E-state index >= 15 is 0 Å². The minimum Gasteiger partial charge on any atom is -0.278 e. The Morgan fingerprint density at radius 3 is 1.14 bits per heavy atom. The summed E-state index contributed by atoms with van der Waals surface area (Å²) in [6, 6.07) is 44.8. The maximum Gasteiger partial charge on any atom is 0.242 e. The highest BCUT2D eigenvalue weighted by molar-refractivity contribution is 8.00. The molecule has 0 fully saturated rings. The maximum atomic E-state index is 14.2. The molecule has 2 aliphatic heterocycles. The third kappa shape index (κ3) is 8.47. The molecule has 0 saturated carbocycles. The number of nitrogens with zero attached hydrogens (tertiary/aromatic N) is 8. The van der Waals surface area contributed by atoms with Crippen LogP contribution in [0, 0.1) is 27.7 Å². The van der Waals surface area contributed by atoms with Crippen LogP contribution in [0.15, 0.2) is 163 Å². The van der Waals surface area contributed by atoms with Crippen LogP contribution in [0.2, 0.25) is 0 Å². The van der Waals surface area contributed by atoms with Crippen LogP contribution in [0.5, 0.6) is 0 Å². The number of hydrogen-bond donors (Lipinski definition) is 0. The summed E-state index contributed by atoms with van der Waals surface area (Å²) in [5, 5.41) is 20.3. The van der Waals surface area contributed by atoms with E-state index in [4.69, 9.17) is 20.4 Å². The number of carbonyl (C=O) groups is 2. The smallest absolute Gasteiger partial charge is 0.242 e. The third-order valence-corrected chi connectivity index (χ3v) is 16.2. The van der Waals surface area contributed by atoms with E-state index in [1.807, 2.05) is 82.6 Å². The lowest BCUT2D eigenvalue weighted by Crippen LogP contribution is -2.30. The number of para-hydroxylation sites is 4. The second-order valence-electron chi connectivity index (χ2n) is 16.2. The summed E-state index contributed by atoms with van der Waals surface area (Å²) in [6.45, 7) is 8.48. The molecule has 8 aromatic rings. The third-order valence-electron chi connectivity index (χ3n) is 12.1. The van der Waals surface area contributed by atoms with Gasteiger partial charge in [-0.05, 0) is 123 Å². The molecule has 2 amide bonds. The summed E-state index contributed by atoms with van der Waals surface area (Å²) in [4.78, 5) is 36.4. The highest BCUT2D eigenvalue weighted by Crippen LogP contribution is 2.49. The Kier molecular flexibility index (Phi) is 12.6. The summed E-state index contributed by atoms with van der Waals surface area (Å²) < 4.78 is 4.27. The van der Waals surface area contributed by atoms with E-state index in [0.29, 0.717) is 23.2 Å². The molecule has 0 aliphatic carbocycles. The normalized spacial score (nSPS) is 12.7. The number of thioether (sulfide) groups is 2. The number of unbranched alkanes of at least 4 members (excludes halogenated alkanes) is 1. The van der Waals surface area contributed by atoms with E-state index in [1.54, 1.807) is 23.5 Å². The molecule has 10 rings (SSSR count). The van der Waals surface area contributed by atoms with Crippen LogP contribution in [0.4, 0.5) is 22.7 Å². The zero-order valence-corrected chi connectivity index (χ0v) is 40.2. The van der Waals surface area contributed by atoms with Crippen LogP contribution >= 0.6 is 47.0 Å². The SMILES string of the molecule is Cc1cccc(-n2c(CCCCc3nnc(SCC(=O)N4c5ccccc5Sc5ccccc54)n3-c3cccc(C)c3C)nnc2SCC(=O)N2c3ccccc3Sc3ccccc32)c1C. The summed E-state index contributed by atoms with van der Waals surface area (Å²) in [6.07, 6.45) is 2.98. The molecule has 2 aromatic heterocycles. The molecule has 0 N–H and O–H groups in total. The number of rotatable bonds is 13. The second kappa shape index (κ2) is 19.0. The highest BCUT2D eigenvalue weighted by atomic mass is 32.2. The van der Waals surface area contributed by atoms with Crippen LogP contribution in [0.3, 0.4) is 0 Å². The van der Waals surface area contributed by atoms with Gasteiger partial charge in [-0.2, -0.15) is 0 Å². The molecule has 2 aliphatic rings. The average Bonchev–Trinajstić information content (AvgIpc) is 3.94. The average molecular weight is 943 g/mol. The van der Waals surface area contributed by atoms with Crippen molar-refractivity contribution < 1.29 is 9.59 Å². The molecule has 6 aromatic carbocycles. The maximum absolute atomic E-state index is 14.2. The highest BCUT2D eigenvalue weighted by Gasteiger charge is 2.31. The number of fused-ring (bicyclic) bond motifs is 4. The first-order valence-electron chi connectivity index (χ1n) is 21.9. The fourth-order valence-electron chi connectivity index (χ4n) is 8.45. The van der Waals surface area contributed by atoms with Crippen molar-refractivity contribution >= 4 is 81.6 Å². The van der Waals surface area contributed by atoms with Gasteiger partial charge in [-0.15, -0.1) is 20.4 Å². The summed E-state index contributed by atoms with van der Waals surface area (Å²) in [5.41, 5.74) is 10.2. The lowest BCUT2D eigenvalue weighted by atomic mass is 10.1. The predicted octanol–water partition coefficient (Wildman–Crippen LogP) is 12.5. The first-order chi connectivity index (χ1) is 32.2. The predicted molar refractivity (Wildman–Crippen MR) is 268 cm³/mol. The largest absolute Gasteiger partial charge is 0.278 e. The fourth-order valence-corrected chi connectivity index (χ4v) is 12.2. The van der Waals surface area contributed by atoms with E-state index < -0.39 is 0 Å². The van der Waals surface area contributed by atoms with Crippen molar-refractivity contribution in [2.24, 2.45) is 0 Å². The number of amides is 2. The molecule has 0 unspecified atom stereocenters. The van der Waals surface area contributed by atoms with Crippen LogP contribution in [-0.2, 0) is 22.4 Å². The van der Waals surface area contributed by atoms with Crippen molar-refractivity contribution in [3.05, 3.63) is 167 Å². The van der Waals surface area contributed by atoms with Crippen LogP contribution in [0.1, 0.15) is 46.7 Å². The van der Waals surface area contributed by atoms with Crippen molar-refractivity contribution in [2.45, 2.75) is 83.3 Å². The van der Waals surface area contributed by atoms with Crippen LogP contribution in [0.25, 0.3) is 11.4 Å². The Hall–Kier alpha value is -6.06. The van der Waals surface area contributed by atoms with Gasteiger partial charge in [0.2, 0.25) is 11.8 Å². The molecule has 14 heteroatoms. The quantitative estimate of drug-likeness (QED) is 0.0820.